The standard InChI is InChI=1S/C7H16N6/c1-7(2,12(3)4)5-13-6(8)9-10-11-13/h5H2,1-4H3,(H2,8,9,11). The van der Waals surface area contributed by atoms with E-state index in [2.05, 4.69) is 34.3 Å². The second kappa shape index (κ2) is 3.29. The molecule has 0 atom stereocenters. The maximum atomic E-state index is 5.56. The van der Waals surface area contributed by atoms with Gasteiger partial charge in [-0.3, -0.25) is 0 Å². The summed E-state index contributed by atoms with van der Waals surface area (Å²) >= 11 is 0. The van der Waals surface area contributed by atoms with Gasteiger partial charge in [0, 0.05) is 5.54 Å². The zero-order chi connectivity index (χ0) is 10.1. The van der Waals surface area contributed by atoms with Crippen LogP contribution >= 0.6 is 0 Å². The first-order valence-electron chi connectivity index (χ1n) is 4.12. The van der Waals surface area contributed by atoms with Crippen molar-refractivity contribution in [1.29, 1.82) is 0 Å². The lowest BCUT2D eigenvalue weighted by atomic mass is 10.1. The molecule has 1 aromatic rings. The van der Waals surface area contributed by atoms with Crippen LogP contribution in [0.1, 0.15) is 13.8 Å². The van der Waals surface area contributed by atoms with Gasteiger partial charge in [-0.2, -0.15) is 0 Å². The minimum Gasteiger partial charge on any atom is -0.367 e. The number of nitrogens with two attached hydrogens (primary N) is 1. The van der Waals surface area contributed by atoms with Crippen LogP contribution in [0.3, 0.4) is 0 Å². The summed E-state index contributed by atoms with van der Waals surface area (Å²) in [5, 5.41) is 10.9. The van der Waals surface area contributed by atoms with Gasteiger partial charge in [0.2, 0.25) is 5.95 Å². The van der Waals surface area contributed by atoms with Crippen molar-refractivity contribution < 1.29 is 0 Å². The molecule has 6 heteroatoms. The lowest BCUT2D eigenvalue weighted by molar-refractivity contribution is 0.163. The first-order chi connectivity index (χ1) is 5.93. The highest BCUT2D eigenvalue weighted by Crippen LogP contribution is 2.13. The summed E-state index contributed by atoms with van der Waals surface area (Å²) in [6, 6.07) is 0. The van der Waals surface area contributed by atoms with Crippen LogP contribution in [-0.2, 0) is 6.54 Å². The molecule has 2 N–H and O–H groups in total. The molecule has 0 aliphatic heterocycles. The maximum Gasteiger partial charge on any atom is 0.240 e. The quantitative estimate of drug-likeness (QED) is 0.691. The molecule has 0 aliphatic rings. The highest BCUT2D eigenvalue weighted by atomic mass is 15.6. The molecule has 74 valence electrons. The van der Waals surface area contributed by atoms with E-state index in [-0.39, 0.29) is 5.54 Å². The van der Waals surface area contributed by atoms with E-state index in [4.69, 9.17) is 5.73 Å². The Labute approximate surface area is 77.7 Å². The molecule has 0 spiro atoms. The molecule has 1 aromatic heterocycles. The lowest BCUT2D eigenvalue weighted by Crippen LogP contribution is -2.42. The van der Waals surface area contributed by atoms with E-state index >= 15 is 0 Å². The van der Waals surface area contributed by atoms with Crippen LogP contribution in [-0.4, -0.2) is 44.7 Å². The van der Waals surface area contributed by atoms with Gasteiger partial charge in [0.15, 0.2) is 0 Å². The van der Waals surface area contributed by atoms with E-state index in [1.54, 1.807) is 4.68 Å². The summed E-state index contributed by atoms with van der Waals surface area (Å²) in [4.78, 5) is 2.11. The van der Waals surface area contributed by atoms with Gasteiger partial charge in [0.25, 0.3) is 0 Å². The molecule has 0 radical (unpaired) electrons. The number of likely N-dealkylation sites (N-methyl/N-ethyl adjacent to an activating group) is 1. The van der Waals surface area contributed by atoms with Gasteiger partial charge in [-0.15, -0.1) is 0 Å². The van der Waals surface area contributed by atoms with Gasteiger partial charge < -0.3 is 10.6 Å². The summed E-state index contributed by atoms with van der Waals surface area (Å²) in [6.45, 7) is 4.89. The molecule has 0 aromatic carbocycles. The lowest BCUT2D eigenvalue weighted by Gasteiger charge is -2.31. The average Bonchev–Trinajstić information content (AvgIpc) is 2.35. The first-order valence-corrected chi connectivity index (χ1v) is 4.12. The molecule has 0 aliphatic carbocycles. The van der Waals surface area contributed by atoms with Crippen molar-refractivity contribution in [3.8, 4) is 0 Å². The number of tetrazole rings is 1. The normalized spacial score (nSPS) is 12.4. The fourth-order valence-corrected chi connectivity index (χ4v) is 0.832. The second-order valence-corrected chi connectivity index (χ2v) is 3.90. The largest absolute Gasteiger partial charge is 0.367 e. The van der Waals surface area contributed by atoms with Crippen LogP contribution in [0.15, 0.2) is 0 Å². The Bertz CT molecular complexity index is 276. The molecular weight excluding hydrogens is 168 g/mol. The molecule has 0 unspecified atom stereocenters. The minimum absolute atomic E-state index is 0.0104. The average molecular weight is 184 g/mol. The van der Waals surface area contributed by atoms with Crippen LogP contribution in [0.2, 0.25) is 0 Å². The van der Waals surface area contributed by atoms with E-state index in [0.29, 0.717) is 12.5 Å². The number of hydrogen-bond acceptors (Lipinski definition) is 5. The molecule has 0 amide bonds. The van der Waals surface area contributed by atoms with Crippen LogP contribution < -0.4 is 5.73 Å². The molecule has 0 saturated heterocycles. The van der Waals surface area contributed by atoms with Crippen LogP contribution in [0.5, 0.6) is 0 Å². The van der Waals surface area contributed by atoms with E-state index in [1.165, 1.54) is 0 Å². The molecule has 13 heavy (non-hydrogen) atoms. The third kappa shape index (κ3) is 2.15. The molecule has 0 bridgehead atoms. The highest BCUT2D eigenvalue weighted by Gasteiger charge is 2.22. The molecule has 0 saturated carbocycles. The number of aromatic nitrogens is 4. The van der Waals surface area contributed by atoms with Gasteiger partial charge in [-0.25, -0.2) is 4.68 Å². The van der Waals surface area contributed by atoms with Crippen molar-refractivity contribution in [2.45, 2.75) is 25.9 Å². The van der Waals surface area contributed by atoms with Crippen molar-refractivity contribution >= 4 is 5.95 Å². The molecule has 0 fully saturated rings. The fourth-order valence-electron chi connectivity index (χ4n) is 0.832. The van der Waals surface area contributed by atoms with Crippen molar-refractivity contribution in [2.75, 3.05) is 19.8 Å². The van der Waals surface area contributed by atoms with Gasteiger partial charge in [-0.1, -0.05) is 5.10 Å². The minimum atomic E-state index is -0.0104. The summed E-state index contributed by atoms with van der Waals surface area (Å²) in [5.74, 6) is 0.356. The summed E-state index contributed by atoms with van der Waals surface area (Å²) in [6.07, 6.45) is 0. The second-order valence-electron chi connectivity index (χ2n) is 3.90. The monoisotopic (exact) mass is 184 g/mol. The van der Waals surface area contributed by atoms with Crippen LogP contribution in [0, 0.1) is 0 Å². The van der Waals surface area contributed by atoms with Crippen molar-refractivity contribution in [2.24, 2.45) is 0 Å². The number of nitrogens with zero attached hydrogens (tertiary/aromatic N) is 5. The van der Waals surface area contributed by atoms with Crippen molar-refractivity contribution in [3.63, 3.8) is 0 Å². The molecule has 6 nitrogen and oxygen atoms in total. The predicted molar refractivity (Wildman–Crippen MR) is 50.0 cm³/mol. The number of hydrogen-bond donors (Lipinski definition) is 1. The third-order valence-electron chi connectivity index (χ3n) is 2.31. The maximum absolute atomic E-state index is 5.56. The van der Waals surface area contributed by atoms with E-state index < -0.39 is 0 Å². The van der Waals surface area contributed by atoms with Gasteiger partial charge in [0.05, 0.1) is 6.54 Å². The number of rotatable bonds is 3. The van der Waals surface area contributed by atoms with Crippen molar-refractivity contribution in [3.05, 3.63) is 0 Å². The van der Waals surface area contributed by atoms with Gasteiger partial charge >= 0.3 is 0 Å². The Morgan fingerprint density at radius 1 is 1.46 bits per heavy atom. The highest BCUT2D eigenvalue weighted by molar-refractivity contribution is 5.10. The molecule has 1 rings (SSSR count). The smallest absolute Gasteiger partial charge is 0.240 e. The Kier molecular flexibility index (Phi) is 2.51. The molecular formula is C7H16N6. The van der Waals surface area contributed by atoms with Gasteiger partial charge in [0.1, 0.15) is 0 Å². The fraction of sp³-hybridized carbons (Fsp3) is 0.857. The first kappa shape index (κ1) is 9.91. The third-order valence-corrected chi connectivity index (χ3v) is 2.31. The zero-order valence-electron chi connectivity index (χ0n) is 8.52. The zero-order valence-corrected chi connectivity index (χ0v) is 8.52. The number of anilines is 1. The van der Waals surface area contributed by atoms with Gasteiger partial charge in [-0.05, 0) is 38.4 Å². The van der Waals surface area contributed by atoms with E-state index in [9.17, 15) is 0 Å². The van der Waals surface area contributed by atoms with Crippen LogP contribution in [0.4, 0.5) is 5.95 Å². The summed E-state index contributed by atoms with van der Waals surface area (Å²) in [5.41, 5.74) is 5.55. The Hall–Kier alpha value is -1.17. The Balaban J connectivity index is 2.74. The van der Waals surface area contributed by atoms with Crippen LogP contribution in [0.25, 0.3) is 0 Å². The van der Waals surface area contributed by atoms with Crippen molar-refractivity contribution in [1.82, 2.24) is 25.1 Å². The Morgan fingerprint density at radius 3 is 2.46 bits per heavy atom. The SMILES string of the molecule is CN(C)C(C)(C)Cn1nnnc1N. The number of nitrogen functional groups attached to an aromatic ring is 1. The molecule has 1 heterocycles. The summed E-state index contributed by atoms with van der Waals surface area (Å²) in [7, 11) is 4.03. The summed E-state index contributed by atoms with van der Waals surface area (Å²) < 4.78 is 1.60. The topological polar surface area (TPSA) is 72.9 Å². The van der Waals surface area contributed by atoms with E-state index in [0.717, 1.165) is 0 Å². The van der Waals surface area contributed by atoms with E-state index in [1.807, 2.05) is 14.1 Å². The predicted octanol–water partition coefficient (Wildman–Crippen LogP) is -0.404. The Morgan fingerprint density at radius 2 is 2.08 bits per heavy atom.